The number of hydrogen-bond acceptors (Lipinski definition) is 3. The molecule has 1 aliphatic rings. The second kappa shape index (κ2) is 7.21. The Morgan fingerprint density at radius 1 is 1.21 bits per heavy atom. The van der Waals surface area contributed by atoms with E-state index in [9.17, 15) is 9.18 Å². The molecule has 1 fully saturated rings. The number of amides is 1. The fraction of sp³-hybridized carbons (Fsp3) is 0.389. The molecule has 0 atom stereocenters. The van der Waals surface area contributed by atoms with E-state index in [1.54, 1.807) is 17.4 Å². The van der Waals surface area contributed by atoms with Crippen LogP contribution >= 0.6 is 22.9 Å². The van der Waals surface area contributed by atoms with Crippen molar-refractivity contribution in [2.75, 3.05) is 26.2 Å². The normalized spacial score (nSPS) is 15.8. The Morgan fingerprint density at radius 3 is 2.50 bits per heavy atom. The number of carbonyl (C=O) groups is 1. The van der Waals surface area contributed by atoms with Crippen molar-refractivity contribution < 1.29 is 9.18 Å². The Morgan fingerprint density at radius 2 is 1.92 bits per heavy atom. The van der Waals surface area contributed by atoms with Gasteiger partial charge in [-0.1, -0.05) is 17.7 Å². The predicted molar refractivity (Wildman–Crippen MR) is 96.4 cm³/mol. The molecule has 24 heavy (non-hydrogen) atoms. The third-order valence-corrected chi connectivity index (χ3v) is 5.94. The summed E-state index contributed by atoms with van der Waals surface area (Å²) < 4.78 is 13.1. The van der Waals surface area contributed by atoms with Crippen molar-refractivity contribution in [3.05, 3.63) is 56.0 Å². The molecule has 1 aromatic carbocycles. The Kier molecular flexibility index (Phi) is 5.23. The van der Waals surface area contributed by atoms with Crippen LogP contribution in [0.5, 0.6) is 0 Å². The molecule has 0 N–H and O–H groups in total. The molecule has 3 rings (SSSR count). The first-order valence-electron chi connectivity index (χ1n) is 7.96. The summed E-state index contributed by atoms with van der Waals surface area (Å²) in [7, 11) is 0. The molecule has 0 unspecified atom stereocenters. The van der Waals surface area contributed by atoms with Crippen LogP contribution in [0.25, 0.3) is 0 Å². The summed E-state index contributed by atoms with van der Waals surface area (Å²) in [4.78, 5) is 18.7. The lowest BCUT2D eigenvalue weighted by Crippen LogP contribution is -2.48. The highest BCUT2D eigenvalue weighted by Gasteiger charge is 2.24. The maximum absolute atomic E-state index is 13.1. The number of thiophene rings is 1. The zero-order valence-electron chi connectivity index (χ0n) is 13.8. The van der Waals surface area contributed by atoms with Crippen LogP contribution < -0.4 is 0 Å². The highest BCUT2D eigenvalue weighted by atomic mass is 35.5. The van der Waals surface area contributed by atoms with Gasteiger partial charge >= 0.3 is 0 Å². The minimum absolute atomic E-state index is 0.121. The monoisotopic (exact) mass is 366 g/mol. The summed E-state index contributed by atoms with van der Waals surface area (Å²) >= 11 is 7.66. The summed E-state index contributed by atoms with van der Waals surface area (Å²) in [5, 5.41) is 0.457. The van der Waals surface area contributed by atoms with Gasteiger partial charge in [-0.25, -0.2) is 4.39 Å². The molecule has 6 heteroatoms. The molecule has 0 aliphatic carbocycles. The van der Waals surface area contributed by atoms with Crippen molar-refractivity contribution in [3.8, 4) is 0 Å². The average molecular weight is 367 g/mol. The van der Waals surface area contributed by atoms with Gasteiger partial charge in [-0.05, 0) is 43.2 Å². The molecule has 0 radical (unpaired) electrons. The van der Waals surface area contributed by atoms with E-state index >= 15 is 0 Å². The van der Waals surface area contributed by atoms with E-state index in [0.29, 0.717) is 24.7 Å². The third kappa shape index (κ3) is 3.79. The summed E-state index contributed by atoms with van der Waals surface area (Å²) in [6, 6.07) is 6.49. The topological polar surface area (TPSA) is 23.6 Å². The fourth-order valence-electron chi connectivity index (χ4n) is 2.83. The maximum atomic E-state index is 13.1. The second-order valence-corrected chi connectivity index (χ2v) is 7.82. The largest absolute Gasteiger partial charge is 0.335 e. The number of aryl methyl sites for hydroxylation is 2. The molecule has 128 valence electrons. The highest BCUT2D eigenvalue weighted by Crippen LogP contribution is 2.23. The van der Waals surface area contributed by atoms with Gasteiger partial charge < -0.3 is 4.90 Å². The van der Waals surface area contributed by atoms with Crippen LogP contribution in [0, 0.1) is 19.7 Å². The molecular weight excluding hydrogens is 347 g/mol. The van der Waals surface area contributed by atoms with Gasteiger partial charge in [0.2, 0.25) is 0 Å². The Balaban J connectivity index is 1.58. The van der Waals surface area contributed by atoms with Crippen molar-refractivity contribution in [3.63, 3.8) is 0 Å². The van der Waals surface area contributed by atoms with E-state index in [-0.39, 0.29) is 11.7 Å². The van der Waals surface area contributed by atoms with Gasteiger partial charge in [0.05, 0.1) is 4.88 Å². The van der Waals surface area contributed by atoms with E-state index in [1.165, 1.54) is 22.6 Å². The van der Waals surface area contributed by atoms with E-state index in [2.05, 4.69) is 4.90 Å². The number of carbonyl (C=O) groups excluding carboxylic acids is 1. The van der Waals surface area contributed by atoms with Gasteiger partial charge in [-0.3, -0.25) is 9.69 Å². The number of piperazine rings is 1. The third-order valence-electron chi connectivity index (χ3n) is 4.45. The summed E-state index contributed by atoms with van der Waals surface area (Å²) in [5.74, 6) is -0.198. The van der Waals surface area contributed by atoms with Crippen LogP contribution in [0.1, 0.15) is 25.7 Å². The number of benzene rings is 1. The van der Waals surface area contributed by atoms with Gasteiger partial charge in [0.15, 0.2) is 0 Å². The van der Waals surface area contributed by atoms with Crippen molar-refractivity contribution in [2.45, 2.75) is 20.4 Å². The van der Waals surface area contributed by atoms with Crippen LogP contribution in [0.3, 0.4) is 0 Å². The van der Waals surface area contributed by atoms with Gasteiger partial charge in [-0.2, -0.15) is 0 Å². The lowest BCUT2D eigenvalue weighted by molar-refractivity contribution is 0.0633. The van der Waals surface area contributed by atoms with Crippen molar-refractivity contribution in [1.82, 2.24) is 9.80 Å². The van der Waals surface area contributed by atoms with E-state index in [0.717, 1.165) is 23.5 Å². The minimum atomic E-state index is -0.319. The zero-order chi connectivity index (χ0) is 17.3. The molecule has 3 nitrogen and oxygen atoms in total. The molecule has 1 saturated heterocycles. The lowest BCUT2D eigenvalue weighted by atomic mass is 10.2. The standard InChI is InChI=1S/C18H20ClFN2OS/c1-12-9-17(24-13(12)2)18(23)22-7-5-21(6-8-22)11-14-3-4-15(20)10-16(14)19/h3-4,9-10H,5-8,11H2,1-2H3. The minimum Gasteiger partial charge on any atom is -0.335 e. The summed E-state index contributed by atoms with van der Waals surface area (Å²) in [6.07, 6.45) is 0. The average Bonchev–Trinajstić information content (AvgIpc) is 2.89. The van der Waals surface area contributed by atoms with E-state index in [1.807, 2.05) is 24.8 Å². The van der Waals surface area contributed by atoms with Crippen LogP contribution in [-0.2, 0) is 6.54 Å². The molecular formula is C18H20ClFN2OS. The number of hydrogen-bond donors (Lipinski definition) is 0. The SMILES string of the molecule is Cc1cc(C(=O)N2CCN(Cc3ccc(F)cc3Cl)CC2)sc1C. The molecule has 2 heterocycles. The van der Waals surface area contributed by atoms with Crippen LogP contribution in [0.15, 0.2) is 24.3 Å². The maximum Gasteiger partial charge on any atom is 0.264 e. The van der Waals surface area contributed by atoms with Gasteiger partial charge in [0.1, 0.15) is 5.82 Å². The smallest absolute Gasteiger partial charge is 0.264 e. The molecule has 1 aliphatic heterocycles. The first-order valence-corrected chi connectivity index (χ1v) is 9.16. The molecule has 0 spiro atoms. The zero-order valence-corrected chi connectivity index (χ0v) is 15.4. The quantitative estimate of drug-likeness (QED) is 0.816. The number of nitrogens with zero attached hydrogens (tertiary/aromatic N) is 2. The predicted octanol–water partition coefficient (Wildman–Crippen LogP) is 4.12. The molecule has 1 amide bonds. The fourth-order valence-corrected chi connectivity index (χ4v) is 4.06. The van der Waals surface area contributed by atoms with E-state index in [4.69, 9.17) is 11.6 Å². The summed E-state index contributed by atoms with van der Waals surface area (Å²) in [6.45, 7) is 7.75. The Hall–Kier alpha value is -1.43. The van der Waals surface area contributed by atoms with E-state index < -0.39 is 0 Å². The van der Waals surface area contributed by atoms with Crippen molar-refractivity contribution in [1.29, 1.82) is 0 Å². The summed E-state index contributed by atoms with van der Waals surface area (Å²) in [5.41, 5.74) is 2.09. The molecule has 2 aromatic rings. The van der Waals surface area contributed by atoms with Gasteiger partial charge in [-0.15, -0.1) is 11.3 Å². The lowest BCUT2D eigenvalue weighted by Gasteiger charge is -2.34. The highest BCUT2D eigenvalue weighted by molar-refractivity contribution is 7.14. The number of halogens is 2. The number of rotatable bonds is 3. The van der Waals surface area contributed by atoms with Crippen LogP contribution in [0.4, 0.5) is 4.39 Å². The first kappa shape index (κ1) is 17.4. The molecule has 0 bridgehead atoms. The Labute approximate surface area is 150 Å². The van der Waals surface area contributed by atoms with Gasteiger partial charge in [0.25, 0.3) is 5.91 Å². The van der Waals surface area contributed by atoms with Crippen molar-refractivity contribution >= 4 is 28.8 Å². The molecule has 1 aromatic heterocycles. The van der Waals surface area contributed by atoms with Crippen LogP contribution in [0.2, 0.25) is 5.02 Å². The van der Waals surface area contributed by atoms with Gasteiger partial charge in [0, 0.05) is 42.6 Å². The van der Waals surface area contributed by atoms with Crippen molar-refractivity contribution in [2.24, 2.45) is 0 Å². The second-order valence-electron chi connectivity index (χ2n) is 6.15. The first-order chi connectivity index (χ1) is 11.4. The van der Waals surface area contributed by atoms with Crippen LogP contribution in [-0.4, -0.2) is 41.9 Å². The Bertz CT molecular complexity index is 734. The molecule has 0 saturated carbocycles.